The molecule has 138 valence electrons. The molecular weight excluding hydrogens is 322 g/mol. The van der Waals surface area contributed by atoms with Crippen molar-refractivity contribution in [2.24, 2.45) is 5.92 Å². The van der Waals surface area contributed by atoms with Crippen molar-refractivity contribution in [1.82, 2.24) is 4.90 Å². The normalized spacial score (nSPS) is 13.4. The summed E-state index contributed by atoms with van der Waals surface area (Å²) in [6.07, 6.45) is 4.25. The van der Waals surface area contributed by atoms with E-state index in [-0.39, 0.29) is 24.6 Å². The van der Waals surface area contributed by atoms with Gasteiger partial charge in [-0.1, -0.05) is 33.1 Å². The van der Waals surface area contributed by atoms with E-state index in [2.05, 4.69) is 6.92 Å². The van der Waals surface area contributed by atoms with Crippen LogP contribution < -0.4 is 9.47 Å². The van der Waals surface area contributed by atoms with Gasteiger partial charge in [-0.15, -0.1) is 0 Å². The van der Waals surface area contributed by atoms with Gasteiger partial charge in [-0.25, -0.2) is 0 Å². The number of amides is 1. The predicted octanol–water partition coefficient (Wildman–Crippen LogP) is 3.25. The first kappa shape index (κ1) is 19.1. The van der Waals surface area contributed by atoms with Gasteiger partial charge in [0.05, 0.1) is 13.0 Å². The average Bonchev–Trinajstić information content (AvgIpc) is 3.10. The maximum absolute atomic E-state index is 12.9. The van der Waals surface area contributed by atoms with Crippen molar-refractivity contribution in [3.8, 4) is 11.5 Å². The highest BCUT2D eigenvalue weighted by atomic mass is 16.7. The molecule has 0 aromatic heterocycles. The minimum absolute atomic E-state index is 0.106. The second kappa shape index (κ2) is 9.30. The SMILES string of the molecule is CCCCCCN(CC(C)C(=O)OC)C(=O)c1ccc2c(c1)OCO2. The van der Waals surface area contributed by atoms with Gasteiger partial charge in [0, 0.05) is 18.7 Å². The number of methoxy groups -OCH3 is 1. The molecule has 1 aliphatic rings. The van der Waals surface area contributed by atoms with Crippen LogP contribution in [0.5, 0.6) is 11.5 Å². The summed E-state index contributed by atoms with van der Waals surface area (Å²) in [5.74, 6) is 0.448. The lowest BCUT2D eigenvalue weighted by atomic mass is 10.1. The number of carbonyl (C=O) groups is 2. The average molecular weight is 349 g/mol. The molecule has 1 amide bonds. The van der Waals surface area contributed by atoms with Crippen molar-refractivity contribution < 1.29 is 23.8 Å². The highest BCUT2D eigenvalue weighted by Gasteiger charge is 2.24. The molecule has 1 unspecified atom stereocenters. The Kier molecular flexibility index (Phi) is 7.10. The first-order valence-electron chi connectivity index (χ1n) is 8.83. The fourth-order valence-electron chi connectivity index (χ4n) is 2.82. The van der Waals surface area contributed by atoms with Gasteiger partial charge >= 0.3 is 5.97 Å². The van der Waals surface area contributed by atoms with Crippen molar-refractivity contribution in [3.05, 3.63) is 23.8 Å². The Morgan fingerprint density at radius 1 is 1.20 bits per heavy atom. The molecule has 0 spiro atoms. The van der Waals surface area contributed by atoms with Crippen LogP contribution in [0.4, 0.5) is 0 Å². The Bertz CT molecular complexity index is 601. The minimum Gasteiger partial charge on any atom is -0.469 e. The van der Waals surface area contributed by atoms with Crippen LogP contribution in [0.1, 0.15) is 49.9 Å². The predicted molar refractivity (Wildman–Crippen MR) is 93.8 cm³/mol. The van der Waals surface area contributed by atoms with Crippen molar-refractivity contribution >= 4 is 11.9 Å². The fraction of sp³-hybridized carbons (Fsp3) is 0.579. The summed E-state index contributed by atoms with van der Waals surface area (Å²) in [6, 6.07) is 5.18. The number of nitrogens with zero attached hydrogens (tertiary/aromatic N) is 1. The van der Waals surface area contributed by atoms with Crippen molar-refractivity contribution in [1.29, 1.82) is 0 Å². The third kappa shape index (κ3) is 5.11. The Labute approximate surface area is 149 Å². The van der Waals surface area contributed by atoms with Gasteiger partial charge in [-0.3, -0.25) is 9.59 Å². The van der Waals surface area contributed by atoms with E-state index in [1.807, 2.05) is 0 Å². The standard InChI is InChI=1S/C19H27NO5/c1-4-5-6-7-10-20(12-14(2)19(22)23-3)18(21)15-8-9-16-17(11-15)25-13-24-16/h8-9,11,14H,4-7,10,12-13H2,1-3H3. The van der Waals surface area contributed by atoms with Crippen LogP contribution in [0, 0.1) is 5.92 Å². The molecule has 0 radical (unpaired) electrons. The highest BCUT2D eigenvalue weighted by Crippen LogP contribution is 2.32. The number of rotatable bonds is 9. The number of hydrogen-bond donors (Lipinski definition) is 0. The van der Waals surface area contributed by atoms with E-state index in [1.54, 1.807) is 30.0 Å². The van der Waals surface area contributed by atoms with Gasteiger partial charge in [0.1, 0.15) is 0 Å². The van der Waals surface area contributed by atoms with Crippen LogP contribution in [0.2, 0.25) is 0 Å². The lowest BCUT2D eigenvalue weighted by Gasteiger charge is -2.25. The van der Waals surface area contributed by atoms with Crippen LogP contribution in [-0.2, 0) is 9.53 Å². The fourth-order valence-corrected chi connectivity index (χ4v) is 2.82. The molecule has 0 fully saturated rings. The number of fused-ring (bicyclic) bond motifs is 1. The van der Waals surface area contributed by atoms with Crippen LogP contribution in [0.15, 0.2) is 18.2 Å². The summed E-state index contributed by atoms with van der Waals surface area (Å²) >= 11 is 0. The summed E-state index contributed by atoms with van der Waals surface area (Å²) in [4.78, 5) is 26.4. The van der Waals surface area contributed by atoms with Gasteiger partial charge in [-0.2, -0.15) is 0 Å². The Morgan fingerprint density at radius 2 is 1.96 bits per heavy atom. The molecule has 6 nitrogen and oxygen atoms in total. The van der Waals surface area contributed by atoms with Gasteiger partial charge < -0.3 is 19.1 Å². The maximum atomic E-state index is 12.9. The molecule has 0 saturated carbocycles. The third-order valence-corrected chi connectivity index (χ3v) is 4.29. The third-order valence-electron chi connectivity index (χ3n) is 4.29. The van der Waals surface area contributed by atoms with Gasteiger partial charge in [0.2, 0.25) is 6.79 Å². The van der Waals surface area contributed by atoms with Crippen LogP contribution in [0.3, 0.4) is 0 Å². The number of esters is 1. The lowest BCUT2D eigenvalue weighted by Crippen LogP contribution is -2.38. The van der Waals surface area contributed by atoms with E-state index in [1.165, 1.54) is 7.11 Å². The number of ether oxygens (including phenoxy) is 3. The van der Waals surface area contributed by atoms with Gasteiger partial charge in [0.25, 0.3) is 5.91 Å². The first-order chi connectivity index (χ1) is 12.1. The molecule has 1 aromatic rings. The molecule has 6 heteroatoms. The van der Waals surface area contributed by atoms with E-state index in [0.717, 1.165) is 25.7 Å². The molecule has 1 aromatic carbocycles. The molecule has 1 aliphatic heterocycles. The van der Waals surface area contributed by atoms with E-state index in [0.29, 0.717) is 30.2 Å². The van der Waals surface area contributed by atoms with E-state index in [4.69, 9.17) is 14.2 Å². The van der Waals surface area contributed by atoms with Crippen LogP contribution >= 0.6 is 0 Å². The number of unbranched alkanes of at least 4 members (excludes halogenated alkanes) is 3. The quantitative estimate of drug-likeness (QED) is 0.506. The monoisotopic (exact) mass is 349 g/mol. The molecule has 0 bridgehead atoms. The van der Waals surface area contributed by atoms with E-state index >= 15 is 0 Å². The molecule has 0 aliphatic carbocycles. The molecular formula is C19H27NO5. The molecule has 25 heavy (non-hydrogen) atoms. The van der Waals surface area contributed by atoms with Crippen LogP contribution in [0.25, 0.3) is 0 Å². The maximum Gasteiger partial charge on any atom is 0.310 e. The van der Waals surface area contributed by atoms with Gasteiger partial charge in [0.15, 0.2) is 11.5 Å². The summed E-state index contributed by atoms with van der Waals surface area (Å²) in [5, 5.41) is 0. The number of carbonyl (C=O) groups excluding carboxylic acids is 2. The molecule has 1 atom stereocenters. The van der Waals surface area contributed by atoms with E-state index in [9.17, 15) is 9.59 Å². The Morgan fingerprint density at radius 3 is 2.68 bits per heavy atom. The van der Waals surface area contributed by atoms with E-state index < -0.39 is 0 Å². The lowest BCUT2D eigenvalue weighted by molar-refractivity contribution is -0.145. The van der Waals surface area contributed by atoms with Crippen molar-refractivity contribution in [2.45, 2.75) is 39.5 Å². The summed E-state index contributed by atoms with van der Waals surface area (Å²) in [6.45, 7) is 5.06. The highest BCUT2D eigenvalue weighted by molar-refractivity contribution is 5.95. The molecule has 0 saturated heterocycles. The van der Waals surface area contributed by atoms with Crippen molar-refractivity contribution in [2.75, 3.05) is 27.0 Å². The summed E-state index contributed by atoms with van der Waals surface area (Å²) in [7, 11) is 1.37. The zero-order valence-corrected chi connectivity index (χ0v) is 15.2. The second-order valence-corrected chi connectivity index (χ2v) is 6.30. The topological polar surface area (TPSA) is 65.1 Å². The van der Waals surface area contributed by atoms with Gasteiger partial charge in [-0.05, 0) is 24.6 Å². The molecule has 2 rings (SSSR count). The first-order valence-corrected chi connectivity index (χ1v) is 8.83. The number of benzene rings is 1. The largest absolute Gasteiger partial charge is 0.469 e. The zero-order valence-electron chi connectivity index (χ0n) is 15.2. The van der Waals surface area contributed by atoms with Crippen LogP contribution in [-0.4, -0.2) is 43.8 Å². The summed E-state index contributed by atoms with van der Waals surface area (Å²) < 4.78 is 15.4. The molecule has 1 heterocycles. The van der Waals surface area contributed by atoms with Crippen molar-refractivity contribution in [3.63, 3.8) is 0 Å². The minimum atomic E-state index is -0.367. The zero-order chi connectivity index (χ0) is 18.2. The number of hydrogen-bond acceptors (Lipinski definition) is 5. The molecule has 0 N–H and O–H groups in total. The second-order valence-electron chi connectivity index (χ2n) is 6.30. The summed E-state index contributed by atoms with van der Waals surface area (Å²) in [5.41, 5.74) is 0.539. The smallest absolute Gasteiger partial charge is 0.310 e. The Balaban J connectivity index is 2.09. The Hall–Kier alpha value is -2.24.